The standard InChI is InChI=1S/C22H25N3O3/c1-4-13-28-18-11-9-17(10-12-18)14-24(3)16(2)22(27)25-15-21(26)23-19-7-5-6-8-20(19)25/h4-12,16H,1,13-15H2,2-3H3,(H,23,26)/p+1/t16-/m0/s1. The molecule has 2 aromatic carbocycles. The van der Waals surface area contributed by atoms with E-state index in [-0.39, 0.29) is 24.4 Å². The Balaban J connectivity index is 1.68. The normalized spacial score (nSPS) is 15.2. The van der Waals surface area contributed by atoms with Gasteiger partial charge in [-0.25, -0.2) is 0 Å². The van der Waals surface area contributed by atoms with Crippen LogP contribution in [0.15, 0.2) is 61.2 Å². The predicted octanol–water partition coefficient (Wildman–Crippen LogP) is 1.64. The number of likely N-dealkylation sites (N-methyl/N-ethyl adjacent to an activating group) is 1. The summed E-state index contributed by atoms with van der Waals surface area (Å²) in [7, 11) is 1.99. The molecule has 0 saturated carbocycles. The number of benzene rings is 2. The lowest BCUT2D eigenvalue weighted by Crippen LogP contribution is -3.12. The van der Waals surface area contributed by atoms with Crippen molar-refractivity contribution in [2.24, 2.45) is 0 Å². The third-order valence-corrected chi connectivity index (χ3v) is 4.92. The van der Waals surface area contributed by atoms with Crippen molar-refractivity contribution < 1.29 is 19.2 Å². The molecule has 28 heavy (non-hydrogen) atoms. The van der Waals surface area contributed by atoms with Crippen molar-refractivity contribution in [1.82, 2.24) is 0 Å². The Morgan fingerprint density at radius 1 is 1.29 bits per heavy atom. The van der Waals surface area contributed by atoms with Crippen molar-refractivity contribution >= 4 is 23.2 Å². The minimum atomic E-state index is -0.296. The van der Waals surface area contributed by atoms with E-state index in [0.717, 1.165) is 21.9 Å². The fraction of sp³-hybridized carbons (Fsp3) is 0.273. The molecule has 2 atom stereocenters. The van der Waals surface area contributed by atoms with Crippen molar-refractivity contribution in [2.45, 2.75) is 19.5 Å². The van der Waals surface area contributed by atoms with Gasteiger partial charge in [0.2, 0.25) is 5.91 Å². The van der Waals surface area contributed by atoms with Gasteiger partial charge in [-0.05, 0) is 43.3 Å². The van der Waals surface area contributed by atoms with Crippen molar-refractivity contribution in [3.05, 3.63) is 66.7 Å². The smallest absolute Gasteiger partial charge is 0.285 e. The highest BCUT2D eigenvalue weighted by Gasteiger charge is 2.33. The van der Waals surface area contributed by atoms with Gasteiger partial charge in [-0.1, -0.05) is 24.8 Å². The van der Waals surface area contributed by atoms with Gasteiger partial charge in [0, 0.05) is 5.56 Å². The summed E-state index contributed by atoms with van der Waals surface area (Å²) in [5.41, 5.74) is 2.53. The summed E-state index contributed by atoms with van der Waals surface area (Å²) in [5.74, 6) is 0.555. The molecule has 6 heteroatoms. The van der Waals surface area contributed by atoms with Crippen molar-refractivity contribution in [3.63, 3.8) is 0 Å². The van der Waals surface area contributed by atoms with Crippen LogP contribution in [0.1, 0.15) is 12.5 Å². The molecule has 2 amide bonds. The van der Waals surface area contributed by atoms with Crippen molar-refractivity contribution in [2.75, 3.05) is 30.4 Å². The fourth-order valence-corrected chi connectivity index (χ4v) is 3.21. The van der Waals surface area contributed by atoms with Gasteiger partial charge in [-0.2, -0.15) is 0 Å². The summed E-state index contributed by atoms with van der Waals surface area (Å²) >= 11 is 0. The quantitative estimate of drug-likeness (QED) is 0.718. The first-order valence-corrected chi connectivity index (χ1v) is 9.35. The van der Waals surface area contributed by atoms with Gasteiger partial charge in [0.05, 0.1) is 18.4 Å². The predicted molar refractivity (Wildman–Crippen MR) is 110 cm³/mol. The topological polar surface area (TPSA) is 63.1 Å². The molecule has 6 nitrogen and oxygen atoms in total. The van der Waals surface area contributed by atoms with Crippen LogP contribution in [0.4, 0.5) is 11.4 Å². The van der Waals surface area contributed by atoms with E-state index < -0.39 is 0 Å². The Morgan fingerprint density at radius 3 is 2.71 bits per heavy atom. The Labute approximate surface area is 165 Å². The average Bonchev–Trinajstić information content (AvgIpc) is 2.71. The van der Waals surface area contributed by atoms with Gasteiger partial charge in [0.15, 0.2) is 6.04 Å². The number of hydrogen-bond donors (Lipinski definition) is 2. The van der Waals surface area contributed by atoms with Crippen LogP contribution >= 0.6 is 0 Å². The van der Waals surface area contributed by atoms with Crippen LogP contribution in [-0.2, 0) is 16.1 Å². The highest BCUT2D eigenvalue weighted by molar-refractivity contribution is 6.10. The van der Waals surface area contributed by atoms with Gasteiger partial charge < -0.3 is 15.0 Å². The minimum Gasteiger partial charge on any atom is -0.490 e. The maximum atomic E-state index is 13.1. The second-order valence-corrected chi connectivity index (χ2v) is 6.98. The van der Waals surface area contributed by atoms with Crippen LogP contribution in [-0.4, -0.2) is 38.1 Å². The van der Waals surface area contributed by atoms with Crippen LogP contribution in [0.3, 0.4) is 0 Å². The van der Waals surface area contributed by atoms with E-state index in [9.17, 15) is 9.59 Å². The molecule has 0 saturated heterocycles. The zero-order valence-electron chi connectivity index (χ0n) is 16.3. The summed E-state index contributed by atoms with van der Waals surface area (Å²) in [6.45, 7) is 6.74. The zero-order valence-corrected chi connectivity index (χ0v) is 16.3. The second kappa shape index (κ2) is 8.71. The third kappa shape index (κ3) is 4.40. The number of amides is 2. The molecule has 3 rings (SSSR count). The Hall–Kier alpha value is -3.12. The Morgan fingerprint density at radius 2 is 2.00 bits per heavy atom. The monoisotopic (exact) mass is 380 g/mol. The van der Waals surface area contributed by atoms with Crippen LogP contribution in [0.2, 0.25) is 0 Å². The molecule has 0 aromatic heterocycles. The minimum absolute atomic E-state index is 0.0445. The number of rotatable bonds is 7. The molecule has 2 aromatic rings. The van der Waals surface area contributed by atoms with E-state index in [4.69, 9.17) is 4.74 Å². The number of carbonyl (C=O) groups is 2. The van der Waals surface area contributed by atoms with E-state index in [0.29, 0.717) is 18.8 Å². The van der Waals surface area contributed by atoms with Crippen molar-refractivity contribution in [3.8, 4) is 5.75 Å². The first-order chi connectivity index (χ1) is 13.5. The Bertz CT molecular complexity index is 864. The molecular weight excluding hydrogens is 354 g/mol. The lowest BCUT2D eigenvalue weighted by molar-refractivity contribution is -0.908. The summed E-state index contributed by atoms with van der Waals surface area (Å²) in [5, 5.41) is 2.81. The van der Waals surface area contributed by atoms with E-state index >= 15 is 0 Å². The lowest BCUT2D eigenvalue weighted by Gasteiger charge is -2.32. The van der Waals surface area contributed by atoms with Crippen LogP contribution < -0.4 is 19.9 Å². The van der Waals surface area contributed by atoms with Gasteiger partial charge in [0.1, 0.15) is 25.4 Å². The van der Waals surface area contributed by atoms with Gasteiger partial charge in [-0.15, -0.1) is 0 Å². The zero-order chi connectivity index (χ0) is 20.1. The maximum absolute atomic E-state index is 13.1. The number of quaternary nitrogens is 1. The number of ether oxygens (including phenoxy) is 1. The molecule has 0 spiro atoms. The summed E-state index contributed by atoms with van der Waals surface area (Å²) < 4.78 is 5.50. The lowest BCUT2D eigenvalue weighted by atomic mass is 10.1. The van der Waals surface area contributed by atoms with E-state index in [1.165, 1.54) is 0 Å². The number of nitrogens with zero attached hydrogens (tertiary/aromatic N) is 1. The van der Waals surface area contributed by atoms with Crippen LogP contribution in [0.5, 0.6) is 5.75 Å². The van der Waals surface area contributed by atoms with E-state index in [1.807, 2.05) is 62.5 Å². The molecule has 1 aliphatic rings. The number of hydrogen-bond acceptors (Lipinski definition) is 3. The SMILES string of the molecule is C=CCOc1ccc(C[NH+](C)[C@@H](C)C(=O)N2CC(=O)Nc3ccccc32)cc1. The number of fused-ring (bicyclic) bond motifs is 1. The number of nitrogens with one attached hydrogen (secondary N) is 2. The largest absolute Gasteiger partial charge is 0.490 e. The molecule has 1 aliphatic heterocycles. The van der Waals surface area contributed by atoms with E-state index in [2.05, 4.69) is 11.9 Å². The molecule has 1 unspecified atom stereocenters. The molecule has 0 fully saturated rings. The third-order valence-electron chi connectivity index (χ3n) is 4.92. The van der Waals surface area contributed by atoms with Gasteiger partial charge >= 0.3 is 0 Å². The molecular formula is C22H26N3O3+. The highest BCUT2D eigenvalue weighted by Crippen LogP contribution is 2.29. The molecule has 0 radical (unpaired) electrons. The number of para-hydroxylation sites is 2. The average molecular weight is 380 g/mol. The summed E-state index contributed by atoms with van der Waals surface area (Å²) in [6.07, 6.45) is 1.71. The number of carbonyl (C=O) groups excluding carboxylic acids is 2. The van der Waals surface area contributed by atoms with Crippen LogP contribution in [0, 0.1) is 0 Å². The maximum Gasteiger partial charge on any atom is 0.285 e. The molecule has 146 valence electrons. The van der Waals surface area contributed by atoms with Crippen LogP contribution in [0.25, 0.3) is 0 Å². The molecule has 0 bridgehead atoms. The Kier molecular flexibility index (Phi) is 6.11. The first-order valence-electron chi connectivity index (χ1n) is 9.35. The molecule has 2 N–H and O–H groups in total. The summed E-state index contributed by atoms with van der Waals surface area (Å²) in [6, 6.07) is 14.9. The van der Waals surface area contributed by atoms with Gasteiger partial charge in [-0.3, -0.25) is 14.5 Å². The first kappa shape index (κ1) is 19.6. The fourth-order valence-electron chi connectivity index (χ4n) is 3.21. The van der Waals surface area contributed by atoms with Crippen molar-refractivity contribution in [1.29, 1.82) is 0 Å². The van der Waals surface area contributed by atoms with E-state index in [1.54, 1.807) is 11.0 Å². The molecule has 1 heterocycles. The van der Waals surface area contributed by atoms with Gasteiger partial charge in [0.25, 0.3) is 5.91 Å². The summed E-state index contributed by atoms with van der Waals surface area (Å²) in [4.78, 5) is 27.7. The highest BCUT2D eigenvalue weighted by atomic mass is 16.5. The second-order valence-electron chi connectivity index (χ2n) is 6.98. The molecule has 0 aliphatic carbocycles. The number of anilines is 2.